The number of carboxylic acid groups (broad SMARTS) is 1. The summed E-state index contributed by atoms with van der Waals surface area (Å²) in [5, 5.41) is 9.47. The molecule has 0 aliphatic carbocycles. The Morgan fingerprint density at radius 1 is 1.33 bits per heavy atom. The minimum absolute atomic E-state index is 0.229. The highest BCUT2D eigenvalue weighted by Crippen LogP contribution is 2.27. The van der Waals surface area contributed by atoms with Gasteiger partial charge in [0.2, 0.25) is 0 Å². The number of nitrogens with zero attached hydrogens (tertiary/aromatic N) is 1. The third kappa shape index (κ3) is 3.78. The van der Waals surface area contributed by atoms with Crippen molar-refractivity contribution in [2.75, 3.05) is 6.61 Å². The van der Waals surface area contributed by atoms with Gasteiger partial charge < -0.3 is 9.84 Å². The fourth-order valence-electron chi connectivity index (χ4n) is 2.10. The predicted molar refractivity (Wildman–Crippen MR) is 75.9 cm³/mol. The smallest absolute Gasteiger partial charge is 0.313 e. The van der Waals surface area contributed by atoms with E-state index in [0.29, 0.717) is 18.1 Å². The second-order valence-electron chi connectivity index (χ2n) is 4.54. The van der Waals surface area contributed by atoms with Crippen LogP contribution in [-0.2, 0) is 11.2 Å². The summed E-state index contributed by atoms with van der Waals surface area (Å²) < 4.78 is 18.4. The standard InChI is InChI=1S/C16H16FNO3/c1-2-21-14-4-3-9-18-15(14)13(16(19)20)10-11-5-7-12(17)8-6-11/h3-9,13H,2,10H2,1H3,(H,19,20). The van der Waals surface area contributed by atoms with Crippen LogP contribution in [0.15, 0.2) is 42.6 Å². The SMILES string of the molecule is CCOc1cccnc1C(Cc1ccc(F)cc1)C(=O)O. The molecule has 110 valence electrons. The molecule has 5 heteroatoms. The highest BCUT2D eigenvalue weighted by Gasteiger charge is 2.25. The Morgan fingerprint density at radius 2 is 2.05 bits per heavy atom. The molecule has 0 radical (unpaired) electrons. The zero-order valence-corrected chi connectivity index (χ0v) is 11.6. The molecular formula is C16H16FNO3. The number of aliphatic carboxylic acids is 1. The lowest BCUT2D eigenvalue weighted by Crippen LogP contribution is -2.17. The van der Waals surface area contributed by atoms with Crippen LogP contribution in [0.4, 0.5) is 4.39 Å². The van der Waals surface area contributed by atoms with E-state index in [2.05, 4.69) is 4.98 Å². The molecule has 0 saturated heterocycles. The second-order valence-corrected chi connectivity index (χ2v) is 4.54. The van der Waals surface area contributed by atoms with Crippen molar-refractivity contribution in [2.45, 2.75) is 19.3 Å². The van der Waals surface area contributed by atoms with Gasteiger partial charge in [-0.3, -0.25) is 9.78 Å². The summed E-state index contributed by atoms with van der Waals surface area (Å²) in [5.41, 5.74) is 1.12. The number of rotatable bonds is 6. The van der Waals surface area contributed by atoms with E-state index in [9.17, 15) is 14.3 Å². The summed E-state index contributed by atoms with van der Waals surface area (Å²) in [6.45, 7) is 2.26. The molecule has 1 heterocycles. The highest BCUT2D eigenvalue weighted by molar-refractivity contribution is 5.76. The van der Waals surface area contributed by atoms with E-state index in [4.69, 9.17) is 4.74 Å². The van der Waals surface area contributed by atoms with E-state index in [1.807, 2.05) is 6.92 Å². The molecule has 0 saturated carbocycles. The van der Waals surface area contributed by atoms with Gasteiger partial charge in [0.15, 0.2) is 0 Å². The van der Waals surface area contributed by atoms with Crippen LogP contribution in [0, 0.1) is 5.82 Å². The van der Waals surface area contributed by atoms with Crippen molar-refractivity contribution in [1.82, 2.24) is 4.98 Å². The van der Waals surface area contributed by atoms with Crippen LogP contribution in [0.2, 0.25) is 0 Å². The van der Waals surface area contributed by atoms with E-state index in [-0.39, 0.29) is 12.2 Å². The summed E-state index contributed by atoms with van der Waals surface area (Å²) in [4.78, 5) is 15.7. The maximum atomic E-state index is 12.9. The number of aromatic nitrogens is 1. The van der Waals surface area contributed by atoms with Gasteiger partial charge in [0, 0.05) is 6.20 Å². The maximum Gasteiger partial charge on any atom is 0.313 e. The van der Waals surface area contributed by atoms with Crippen LogP contribution >= 0.6 is 0 Å². The van der Waals surface area contributed by atoms with Crippen molar-refractivity contribution >= 4 is 5.97 Å². The molecule has 0 fully saturated rings. The van der Waals surface area contributed by atoms with Gasteiger partial charge in [-0.1, -0.05) is 12.1 Å². The quantitative estimate of drug-likeness (QED) is 0.888. The van der Waals surface area contributed by atoms with Crippen molar-refractivity contribution in [3.63, 3.8) is 0 Å². The largest absolute Gasteiger partial charge is 0.492 e. The average molecular weight is 289 g/mol. The average Bonchev–Trinajstić information content (AvgIpc) is 2.47. The highest BCUT2D eigenvalue weighted by atomic mass is 19.1. The van der Waals surface area contributed by atoms with Crippen LogP contribution in [0.3, 0.4) is 0 Å². The number of hydrogen-bond donors (Lipinski definition) is 1. The third-order valence-corrected chi connectivity index (χ3v) is 3.08. The number of halogens is 1. The van der Waals surface area contributed by atoms with Crippen molar-refractivity contribution in [3.05, 3.63) is 59.7 Å². The summed E-state index contributed by atoms with van der Waals surface area (Å²) >= 11 is 0. The summed E-state index contributed by atoms with van der Waals surface area (Å²) in [6, 6.07) is 9.19. The van der Waals surface area contributed by atoms with E-state index in [0.717, 1.165) is 5.56 Å². The lowest BCUT2D eigenvalue weighted by molar-refractivity contribution is -0.138. The Bertz CT molecular complexity index is 613. The maximum absolute atomic E-state index is 12.9. The third-order valence-electron chi connectivity index (χ3n) is 3.08. The van der Waals surface area contributed by atoms with Crippen LogP contribution < -0.4 is 4.74 Å². The molecule has 0 aliphatic heterocycles. The monoisotopic (exact) mass is 289 g/mol. The molecule has 1 unspecified atom stereocenters. The zero-order chi connectivity index (χ0) is 15.2. The van der Waals surface area contributed by atoms with Gasteiger partial charge >= 0.3 is 5.97 Å². The molecule has 0 aliphatic rings. The lowest BCUT2D eigenvalue weighted by Gasteiger charge is -2.15. The van der Waals surface area contributed by atoms with Crippen LogP contribution in [0.25, 0.3) is 0 Å². The molecular weight excluding hydrogens is 273 g/mol. The predicted octanol–water partition coefficient (Wildman–Crippen LogP) is 3.03. The van der Waals surface area contributed by atoms with Crippen LogP contribution in [0.5, 0.6) is 5.75 Å². The van der Waals surface area contributed by atoms with Crippen LogP contribution in [-0.4, -0.2) is 22.7 Å². The number of carboxylic acids is 1. The van der Waals surface area contributed by atoms with Gasteiger partial charge in [-0.2, -0.15) is 0 Å². The van der Waals surface area contributed by atoms with E-state index in [1.54, 1.807) is 30.5 Å². The zero-order valence-electron chi connectivity index (χ0n) is 11.6. The molecule has 2 aromatic rings. The van der Waals surface area contributed by atoms with E-state index < -0.39 is 11.9 Å². The van der Waals surface area contributed by atoms with Gasteiger partial charge in [0.05, 0.1) is 12.3 Å². The minimum atomic E-state index is -0.987. The molecule has 0 bridgehead atoms. The van der Waals surface area contributed by atoms with Gasteiger partial charge in [-0.25, -0.2) is 4.39 Å². The van der Waals surface area contributed by atoms with Crippen molar-refractivity contribution in [1.29, 1.82) is 0 Å². The number of pyridine rings is 1. The fourth-order valence-corrected chi connectivity index (χ4v) is 2.10. The topological polar surface area (TPSA) is 59.4 Å². The number of ether oxygens (including phenoxy) is 1. The van der Waals surface area contributed by atoms with Gasteiger partial charge in [0.1, 0.15) is 17.5 Å². The number of carbonyl (C=O) groups is 1. The molecule has 1 aromatic heterocycles. The number of benzene rings is 1. The Labute approximate surface area is 122 Å². The first-order chi connectivity index (χ1) is 10.1. The Balaban J connectivity index is 2.31. The Hall–Kier alpha value is -2.43. The molecule has 0 spiro atoms. The molecule has 1 aromatic carbocycles. The van der Waals surface area contributed by atoms with Crippen molar-refractivity contribution < 1.29 is 19.0 Å². The van der Waals surface area contributed by atoms with Gasteiger partial charge in [-0.15, -0.1) is 0 Å². The van der Waals surface area contributed by atoms with Gasteiger partial charge in [0.25, 0.3) is 0 Å². The molecule has 21 heavy (non-hydrogen) atoms. The lowest BCUT2D eigenvalue weighted by atomic mass is 9.95. The van der Waals surface area contributed by atoms with Crippen molar-refractivity contribution in [2.24, 2.45) is 0 Å². The fraction of sp³-hybridized carbons (Fsp3) is 0.250. The summed E-state index contributed by atoms with van der Waals surface area (Å²) in [6.07, 6.45) is 1.77. The van der Waals surface area contributed by atoms with Crippen molar-refractivity contribution in [3.8, 4) is 5.75 Å². The molecule has 4 nitrogen and oxygen atoms in total. The number of hydrogen-bond acceptors (Lipinski definition) is 3. The molecule has 0 amide bonds. The first-order valence-electron chi connectivity index (χ1n) is 6.66. The molecule has 1 N–H and O–H groups in total. The molecule has 1 atom stereocenters. The Kier molecular flexibility index (Phi) is 4.87. The van der Waals surface area contributed by atoms with E-state index in [1.165, 1.54) is 12.1 Å². The normalized spacial score (nSPS) is 11.9. The second kappa shape index (κ2) is 6.83. The summed E-state index contributed by atoms with van der Waals surface area (Å²) in [5.74, 6) is -1.70. The summed E-state index contributed by atoms with van der Waals surface area (Å²) in [7, 11) is 0. The van der Waals surface area contributed by atoms with Crippen LogP contribution in [0.1, 0.15) is 24.1 Å². The first kappa shape index (κ1) is 15.0. The van der Waals surface area contributed by atoms with E-state index >= 15 is 0 Å². The minimum Gasteiger partial charge on any atom is -0.492 e. The molecule has 2 rings (SSSR count). The first-order valence-corrected chi connectivity index (χ1v) is 6.66. The van der Waals surface area contributed by atoms with Gasteiger partial charge in [-0.05, 0) is 43.2 Å². The Morgan fingerprint density at radius 3 is 2.67 bits per heavy atom.